The highest BCUT2D eigenvalue weighted by Gasteiger charge is 2.31. The summed E-state index contributed by atoms with van der Waals surface area (Å²) in [6, 6.07) is 6.78. The molecule has 2 fully saturated rings. The summed E-state index contributed by atoms with van der Waals surface area (Å²) in [6.45, 7) is 8.52. The summed E-state index contributed by atoms with van der Waals surface area (Å²) in [7, 11) is -3.78. The van der Waals surface area contributed by atoms with Crippen LogP contribution in [0.25, 0.3) is 10.8 Å². The fourth-order valence-corrected chi connectivity index (χ4v) is 6.79. The molecule has 2 atom stereocenters. The van der Waals surface area contributed by atoms with E-state index in [0.717, 1.165) is 19.3 Å². The number of hydrogen-bond donors (Lipinski definition) is 0. The van der Waals surface area contributed by atoms with Crippen LogP contribution in [0.2, 0.25) is 0 Å². The molecule has 0 spiro atoms. The monoisotopic (exact) mass is 459 g/mol. The van der Waals surface area contributed by atoms with Crippen molar-refractivity contribution in [3.63, 3.8) is 0 Å². The normalized spacial score (nSPS) is 23.5. The fraction of sp³-hybridized carbons (Fsp3) is 0.583. The number of carbonyl (C=O) groups is 1. The number of sulfonamides is 1. The van der Waals surface area contributed by atoms with Gasteiger partial charge in [-0.15, -0.1) is 0 Å². The Kier molecular flexibility index (Phi) is 6.45. The topological polar surface area (TPSA) is 79.7 Å². The lowest BCUT2D eigenvalue weighted by Gasteiger charge is -2.35. The second-order valence-corrected chi connectivity index (χ2v) is 11.7. The molecule has 32 heavy (non-hydrogen) atoms. The van der Waals surface area contributed by atoms with E-state index in [1.165, 1.54) is 15.1 Å². The minimum atomic E-state index is -3.78. The van der Waals surface area contributed by atoms with E-state index in [2.05, 4.69) is 20.8 Å². The minimum Gasteiger partial charge on any atom is -0.341 e. The molecule has 1 aromatic carbocycles. The van der Waals surface area contributed by atoms with Gasteiger partial charge in [0.1, 0.15) is 11.4 Å². The largest absolute Gasteiger partial charge is 0.341 e. The molecule has 4 rings (SSSR count). The van der Waals surface area contributed by atoms with Crippen molar-refractivity contribution in [2.24, 2.45) is 17.8 Å². The van der Waals surface area contributed by atoms with Gasteiger partial charge in [-0.25, -0.2) is 8.42 Å². The van der Waals surface area contributed by atoms with E-state index in [1.54, 1.807) is 29.2 Å². The standard InChI is InChI=1S/C24H33N3O4S/c1-17-8-10-27(11-9-17)32(30,31)22-15-26(24(29)21-7-5-4-6-20(21)22)16-23(28)25-13-18(2)12-19(3)14-25/h4-7,15,17-19H,8-14,16H2,1-3H3/t18-,19-/m0/s1. The van der Waals surface area contributed by atoms with Gasteiger partial charge >= 0.3 is 0 Å². The quantitative estimate of drug-likeness (QED) is 0.704. The van der Waals surface area contributed by atoms with Gasteiger partial charge in [0.05, 0.1) is 0 Å². The third-order valence-electron chi connectivity index (χ3n) is 6.84. The number of amides is 1. The Morgan fingerprint density at radius 3 is 2.19 bits per heavy atom. The van der Waals surface area contributed by atoms with Gasteiger partial charge in [-0.1, -0.05) is 39.0 Å². The van der Waals surface area contributed by atoms with Crippen molar-refractivity contribution in [2.45, 2.75) is 51.5 Å². The Morgan fingerprint density at radius 2 is 1.56 bits per heavy atom. The molecule has 0 aliphatic carbocycles. The molecule has 2 saturated heterocycles. The van der Waals surface area contributed by atoms with Gasteiger partial charge < -0.3 is 9.47 Å². The second-order valence-electron chi connectivity index (χ2n) is 9.80. The number of carbonyl (C=O) groups excluding carboxylic acids is 1. The van der Waals surface area contributed by atoms with E-state index >= 15 is 0 Å². The maximum absolute atomic E-state index is 13.6. The molecular formula is C24H33N3O4S. The first-order chi connectivity index (χ1) is 15.2. The zero-order valence-corrected chi connectivity index (χ0v) is 20.0. The summed E-state index contributed by atoms with van der Waals surface area (Å²) >= 11 is 0. The van der Waals surface area contributed by atoms with Gasteiger partial charge in [-0.2, -0.15) is 4.31 Å². The molecule has 0 bridgehead atoms. The SMILES string of the molecule is CC1CCN(S(=O)(=O)c2cn(CC(=O)N3C[C@@H](C)C[C@H](C)C3)c(=O)c3ccccc23)CC1. The summed E-state index contributed by atoms with van der Waals surface area (Å²) in [5, 5.41) is 0.743. The van der Waals surface area contributed by atoms with E-state index in [4.69, 9.17) is 0 Å². The van der Waals surface area contributed by atoms with Gasteiger partial charge in [0.2, 0.25) is 15.9 Å². The molecule has 0 N–H and O–H groups in total. The highest BCUT2D eigenvalue weighted by atomic mass is 32.2. The van der Waals surface area contributed by atoms with E-state index in [9.17, 15) is 18.0 Å². The maximum Gasteiger partial charge on any atom is 0.258 e. The van der Waals surface area contributed by atoms with Crippen LogP contribution in [-0.4, -0.2) is 54.3 Å². The molecule has 7 nitrogen and oxygen atoms in total. The Bertz CT molecular complexity index is 1160. The fourth-order valence-electron chi connectivity index (χ4n) is 5.11. The summed E-state index contributed by atoms with van der Waals surface area (Å²) in [5.74, 6) is 1.18. The summed E-state index contributed by atoms with van der Waals surface area (Å²) in [6.07, 6.45) is 4.10. The Balaban J connectivity index is 1.72. The Morgan fingerprint density at radius 1 is 0.969 bits per heavy atom. The number of benzene rings is 1. The highest BCUT2D eigenvalue weighted by Crippen LogP contribution is 2.28. The van der Waals surface area contributed by atoms with Crippen LogP contribution in [0.5, 0.6) is 0 Å². The third-order valence-corrected chi connectivity index (χ3v) is 8.77. The van der Waals surface area contributed by atoms with Crippen molar-refractivity contribution in [1.29, 1.82) is 0 Å². The van der Waals surface area contributed by atoms with Crippen molar-refractivity contribution < 1.29 is 13.2 Å². The van der Waals surface area contributed by atoms with Crippen LogP contribution in [0, 0.1) is 17.8 Å². The highest BCUT2D eigenvalue weighted by molar-refractivity contribution is 7.89. The predicted molar refractivity (Wildman–Crippen MR) is 125 cm³/mol. The lowest BCUT2D eigenvalue weighted by atomic mass is 9.92. The Hall–Kier alpha value is -2.19. The number of likely N-dealkylation sites (tertiary alicyclic amines) is 1. The van der Waals surface area contributed by atoms with Crippen LogP contribution in [0.1, 0.15) is 40.0 Å². The first kappa shape index (κ1) is 23.0. The van der Waals surface area contributed by atoms with Crippen molar-refractivity contribution in [2.75, 3.05) is 26.2 Å². The second kappa shape index (κ2) is 8.98. The van der Waals surface area contributed by atoms with Crippen LogP contribution >= 0.6 is 0 Å². The van der Waals surface area contributed by atoms with Crippen LogP contribution in [0.3, 0.4) is 0 Å². The van der Waals surface area contributed by atoms with Crippen LogP contribution in [0.4, 0.5) is 0 Å². The van der Waals surface area contributed by atoms with Gasteiger partial charge in [-0.3, -0.25) is 9.59 Å². The molecule has 0 saturated carbocycles. The van der Waals surface area contributed by atoms with E-state index in [-0.39, 0.29) is 22.9 Å². The van der Waals surface area contributed by atoms with Crippen molar-refractivity contribution >= 4 is 26.7 Å². The molecule has 8 heteroatoms. The third kappa shape index (κ3) is 4.48. The zero-order chi connectivity index (χ0) is 23.0. The lowest BCUT2D eigenvalue weighted by Crippen LogP contribution is -2.45. The Labute approximate surface area is 190 Å². The van der Waals surface area contributed by atoms with Crippen LogP contribution < -0.4 is 5.56 Å². The number of pyridine rings is 1. The van der Waals surface area contributed by atoms with Gasteiger partial charge in [0, 0.05) is 43.1 Å². The molecular weight excluding hydrogens is 426 g/mol. The molecule has 174 valence electrons. The first-order valence-corrected chi connectivity index (χ1v) is 13.0. The predicted octanol–water partition coefficient (Wildman–Crippen LogP) is 2.93. The number of hydrogen-bond acceptors (Lipinski definition) is 4. The summed E-state index contributed by atoms with van der Waals surface area (Å²) in [5.41, 5.74) is -0.335. The number of nitrogens with zero attached hydrogens (tertiary/aromatic N) is 3. The first-order valence-electron chi connectivity index (χ1n) is 11.6. The molecule has 1 aromatic heterocycles. The molecule has 2 aromatic rings. The van der Waals surface area contributed by atoms with Gasteiger partial charge in [-0.05, 0) is 43.1 Å². The van der Waals surface area contributed by atoms with Gasteiger partial charge in [0.25, 0.3) is 5.56 Å². The smallest absolute Gasteiger partial charge is 0.258 e. The zero-order valence-electron chi connectivity index (χ0n) is 19.2. The maximum atomic E-state index is 13.6. The molecule has 0 unspecified atom stereocenters. The van der Waals surface area contributed by atoms with Crippen LogP contribution in [-0.2, 0) is 21.4 Å². The van der Waals surface area contributed by atoms with E-state index in [0.29, 0.717) is 54.7 Å². The molecule has 1 amide bonds. The number of piperidine rings is 2. The van der Waals surface area contributed by atoms with Crippen molar-refractivity contribution in [3.05, 3.63) is 40.8 Å². The van der Waals surface area contributed by atoms with Gasteiger partial charge in [0.15, 0.2) is 0 Å². The molecule has 2 aliphatic heterocycles. The summed E-state index contributed by atoms with van der Waals surface area (Å²) in [4.78, 5) is 28.1. The lowest BCUT2D eigenvalue weighted by molar-refractivity contribution is -0.134. The average molecular weight is 460 g/mol. The molecule has 3 heterocycles. The number of rotatable bonds is 4. The van der Waals surface area contributed by atoms with Crippen molar-refractivity contribution in [1.82, 2.24) is 13.8 Å². The number of fused-ring (bicyclic) bond motifs is 1. The van der Waals surface area contributed by atoms with Crippen LogP contribution in [0.15, 0.2) is 40.2 Å². The summed E-state index contributed by atoms with van der Waals surface area (Å²) < 4.78 is 29.9. The van der Waals surface area contributed by atoms with E-state index < -0.39 is 10.0 Å². The molecule has 2 aliphatic rings. The number of aromatic nitrogens is 1. The average Bonchev–Trinajstić information content (AvgIpc) is 2.75. The minimum absolute atomic E-state index is 0.107. The molecule has 0 radical (unpaired) electrons. The van der Waals surface area contributed by atoms with E-state index in [1.807, 2.05) is 0 Å². The van der Waals surface area contributed by atoms with Crippen molar-refractivity contribution in [3.8, 4) is 0 Å².